The van der Waals surface area contributed by atoms with Gasteiger partial charge in [0.15, 0.2) is 0 Å². The molecule has 0 atom stereocenters. The summed E-state index contributed by atoms with van der Waals surface area (Å²) in [6.45, 7) is 2.47. The molecule has 0 bridgehead atoms. The van der Waals surface area contributed by atoms with Crippen molar-refractivity contribution in [2.24, 2.45) is 0 Å². The lowest BCUT2D eigenvalue weighted by Crippen LogP contribution is -2.09. The molecule has 1 N–H and O–H groups in total. The molecule has 7 heteroatoms. The number of aryl methyl sites for hydroxylation is 2. The fourth-order valence-corrected chi connectivity index (χ4v) is 2.96. The zero-order valence-corrected chi connectivity index (χ0v) is 12.9. The first kappa shape index (κ1) is 15.5. The van der Waals surface area contributed by atoms with Crippen LogP contribution in [0.2, 0.25) is 0 Å². The summed E-state index contributed by atoms with van der Waals surface area (Å²) in [5.41, 5.74) is 1.67. The van der Waals surface area contributed by atoms with Crippen LogP contribution in [0.5, 0.6) is 0 Å². The SMILES string of the molecule is CCc1nc2ccc(C(=O)O)cc2n1CCCS(C)(=O)=O. The molecule has 1 heterocycles. The molecule has 0 fully saturated rings. The number of rotatable bonds is 6. The maximum absolute atomic E-state index is 11.2. The Balaban J connectivity index is 2.39. The molecule has 1 aromatic heterocycles. The average molecular weight is 310 g/mol. The van der Waals surface area contributed by atoms with Crippen LogP contribution in [0.1, 0.15) is 29.5 Å². The fraction of sp³-hybridized carbons (Fsp3) is 0.429. The molecular formula is C14H18N2O4S. The van der Waals surface area contributed by atoms with E-state index in [1.165, 1.54) is 12.3 Å². The summed E-state index contributed by atoms with van der Waals surface area (Å²) in [4.78, 5) is 15.5. The Bertz CT molecular complexity index is 778. The number of aromatic nitrogens is 2. The normalized spacial score (nSPS) is 11.9. The third kappa shape index (κ3) is 3.60. The van der Waals surface area contributed by atoms with Crippen molar-refractivity contribution >= 4 is 26.8 Å². The highest BCUT2D eigenvalue weighted by Gasteiger charge is 2.13. The van der Waals surface area contributed by atoms with E-state index in [1.54, 1.807) is 12.1 Å². The van der Waals surface area contributed by atoms with E-state index in [-0.39, 0.29) is 11.3 Å². The van der Waals surface area contributed by atoms with Gasteiger partial charge in [0.2, 0.25) is 0 Å². The zero-order chi connectivity index (χ0) is 15.6. The van der Waals surface area contributed by atoms with Gasteiger partial charge < -0.3 is 9.67 Å². The number of carbonyl (C=O) groups is 1. The lowest BCUT2D eigenvalue weighted by Gasteiger charge is -2.08. The Hall–Kier alpha value is -1.89. The van der Waals surface area contributed by atoms with E-state index in [0.717, 1.165) is 16.9 Å². The third-order valence-electron chi connectivity index (χ3n) is 3.29. The molecule has 0 saturated carbocycles. The Labute approximate surface area is 123 Å². The number of carboxylic acid groups (broad SMARTS) is 1. The van der Waals surface area contributed by atoms with E-state index >= 15 is 0 Å². The number of hydrogen-bond acceptors (Lipinski definition) is 4. The van der Waals surface area contributed by atoms with Gasteiger partial charge in [0.25, 0.3) is 0 Å². The highest BCUT2D eigenvalue weighted by atomic mass is 32.2. The van der Waals surface area contributed by atoms with Gasteiger partial charge in [-0.3, -0.25) is 0 Å². The summed E-state index contributed by atoms with van der Waals surface area (Å²) in [6, 6.07) is 4.80. The molecule has 21 heavy (non-hydrogen) atoms. The van der Waals surface area contributed by atoms with Gasteiger partial charge in [0, 0.05) is 19.2 Å². The van der Waals surface area contributed by atoms with Crippen molar-refractivity contribution in [3.8, 4) is 0 Å². The van der Waals surface area contributed by atoms with E-state index in [9.17, 15) is 13.2 Å². The Morgan fingerprint density at radius 2 is 2.10 bits per heavy atom. The minimum absolute atomic E-state index is 0.106. The monoisotopic (exact) mass is 310 g/mol. The second-order valence-electron chi connectivity index (χ2n) is 5.03. The van der Waals surface area contributed by atoms with Crippen molar-refractivity contribution in [3.05, 3.63) is 29.6 Å². The topological polar surface area (TPSA) is 89.3 Å². The largest absolute Gasteiger partial charge is 0.478 e. The second-order valence-corrected chi connectivity index (χ2v) is 7.29. The molecule has 0 amide bonds. The van der Waals surface area contributed by atoms with Gasteiger partial charge in [-0.05, 0) is 24.6 Å². The van der Waals surface area contributed by atoms with E-state index in [2.05, 4.69) is 4.98 Å². The maximum Gasteiger partial charge on any atom is 0.335 e. The first-order valence-electron chi connectivity index (χ1n) is 6.72. The number of hydrogen-bond donors (Lipinski definition) is 1. The predicted molar refractivity (Wildman–Crippen MR) is 80.4 cm³/mol. The number of nitrogens with zero attached hydrogens (tertiary/aromatic N) is 2. The van der Waals surface area contributed by atoms with Crippen LogP contribution in [-0.4, -0.2) is 41.1 Å². The number of aromatic carboxylic acids is 1. The minimum atomic E-state index is -3.00. The average Bonchev–Trinajstić information content (AvgIpc) is 2.74. The van der Waals surface area contributed by atoms with Crippen molar-refractivity contribution < 1.29 is 18.3 Å². The molecule has 2 rings (SSSR count). The molecule has 0 saturated heterocycles. The zero-order valence-electron chi connectivity index (χ0n) is 12.0. The molecule has 0 aliphatic heterocycles. The van der Waals surface area contributed by atoms with Gasteiger partial charge in [0.05, 0.1) is 22.3 Å². The van der Waals surface area contributed by atoms with E-state index in [1.807, 2.05) is 11.5 Å². The van der Waals surface area contributed by atoms with Crippen molar-refractivity contribution in [1.29, 1.82) is 0 Å². The maximum atomic E-state index is 11.2. The van der Waals surface area contributed by atoms with Gasteiger partial charge in [0.1, 0.15) is 15.7 Å². The Morgan fingerprint density at radius 3 is 2.67 bits per heavy atom. The summed E-state index contributed by atoms with van der Waals surface area (Å²) < 4.78 is 24.3. The van der Waals surface area contributed by atoms with Crippen molar-refractivity contribution in [3.63, 3.8) is 0 Å². The van der Waals surface area contributed by atoms with Crippen molar-refractivity contribution in [2.75, 3.05) is 12.0 Å². The number of benzene rings is 1. The molecule has 0 aliphatic carbocycles. The highest BCUT2D eigenvalue weighted by molar-refractivity contribution is 7.90. The summed E-state index contributed by atoms with van der Waals surface area (Å²) >= 11 is 0. The second kappa shape index (κ2) is 5.85. The lowest BCUT2D eigenvalue weighted by molar-refractivity contribution is 0.0697. The molecule has 2 aromatic rings. The van der Waals surface area contributed by atoms with Crippen molar-refractivity contribution in [2.45, 2.75) is 26.3 Å². The summed E-state index contributed by atoms with van der Waals surface area (Å²) in [7, 11) is -3.00. The van der Waals surface area contributed by atoms with Crippen LogP contribution in [0.3, 0.4) is 0 Å². The minimum Gasteiger partial charge on any atom is -0.478 e. The summed E-state index contributed by atoms with van der Waals surface area (Å²) in [5.74, 6) is -0.0473. The molecule has 0 spiro atoms. The van der Waals surface area contributed by atoms with E-state index in [4.69, 9.17) is 5.11 Å². The van der Waals surface area contributed by atoms with E-state index in [0.29, 0.717) is 19.4 Å². The molecule has 1 aromatic carbocycles. The smallest absolute Gasteiger partial charge is 0.335 e. The molecular weight excluding hydrogens is 292 g/mol. The van der Waals surface area contributed by atoms with Crippen LogP contribution in [0.25, 0.3) is 11.0 Å². The summed E-state index contributed by atoms with van der Waals surface area (Å²) in [6.07, 6.45) is 2.40. The first-order chi connectivity index (χ1) is 9.81. The summed E-state index contributed by atoms with van der Waals surface area (Å²) in [5, 5.41) is 9.07. The van der Waals surface area contributed by atoms with Gasteiger partial charge in [-0.25, -0.2) is 18.2 Å². The van der Waals surface area contributed by atoms with Crippen molar-refractivity contribution in [1.82, 2.24) is 9.55 Å². The predicted octanol–water partition coefficient (Wildman–Crippen LogP) is 1.73. The molecule has 0 radical (unpaired) electrons. The van der Waals surface area contributed by atoms with Gasteiger partial charge in [-0.15, -0.1) is 0 Å². The number of fused-ring (bicyclic) bond motifs is 1. The van der Waals surface area contributed by atoms with Gasteiger partial charge in [-0.2, -0.15) is 0 Å². The van der Waals surface area contributed by atoms with E-state index < -0.39 is 15.8 Å². The standard InChI is InChI=1S/C14H18N2O4S/c1-3-13-15-11-6-5-10(14(17)18)9-12(11)16(13)7-4-8-21(2,19)20/h5-6,9H,3-4,7-8H2,1-2H3,(H,17,18). The molecule has 0 aliphatic rings. The first-order valence-corrected chi connectivity index (χ1v) is 8.78. The number of sulfone groups is 1. The quantitative estimate of drug-likeness (QED) is 0.877. The van der Waals surface area contributed by atoms with Gasteiger partial charge >= 0.3 is 5.97 Å². The third-order valence-corrected chi connectivity index (χ3v) is 4.32. The van der Waals surface area contributed by atoms with Crippen LogP contribution < -0.4 is 0 Å². The van der Waals surface area contributed by atoms with Crippen LogP contribution in [0, 0.1) is 0 Å². The molecule has 0 unspecified atom stereocenters. The fourth-order valence-electron chi connectivity index (χ4n) is 2.31. The molecule has 6 nitrogen and oxygen atoms in total. The lowest BCUT2D eigenvalue weighted by atomic mass is 10.2. The van der Waals surface area contributed by atoms with Crippen LogP contribution >= 0.6 is 0 Å². The van der Waals surface area contributed by atoms with Crippen LogP contribution in [0.15, 0.2) is 18.2 Å². The van der Waals surface area contributed by atoms with Crippen LogP contribution in [-0.2, 0) is 22.8 Å². The molecule has 114 valence electrons. The van der Waals surface area contributed by atoms with Gasteiger partial charge in [-0.1, -0.05) is 6.92 Å². The Morgan fingerprint density at radius 1 is 1.38 bits per heavy atom. The number of imidazole rings is 1. The Kier molecular flexibility index (Phi) is 4.32. The highest BCUT2D eigenvalue weighted by Crippen LogP contribution is 2.19. The van der Waals surface area contributed by atoms with Crippen LogP contribution in [0.4, 0.5) is 0 Å². The number of carboxylic acids is 1.